The van der Waals surface area contributed by atoms with Crippen LogP contribution in [0.3, 0.4) is 0 Å². The second-order valence-electron chi connectivity index (χ2n) is 7.98. The lowest BCUT2D eigenvalue weighted by atomic mass is 10.1. The number of carbonyl (C=O) groups is 2. The van der Waals surface area contributed by atoms with Crippen molar-refractivity contribution in [2.45, 2.75) is 30.2 Å². The fourth-order valence-corrected chi connectivity index (χ4v) is 4.81. The van der Waals surface area contributed by atoms with Crippen LogP contribution in [0.2, 0.25) is 0 Å². The minimum atomic E-state index is -3.87. The lowest BCUT2D eigenvalue weighted by Gasteiger charge is -2.20. The number of halogens is 1. The van der Waals surface area contributed by atoms with Crippen LogP contribution in [-0.2, 0) is 19.6 Å². The van der Waals surface area contributed by atoms with E-state index in [-0.39, 0.29) is 17.0 Å². The fourth-order valence-electron chi connectivity index (χ4n) is 3.72. The molecule has 2 amide bonds. The summed E-state index contributed by atoms with van der Waals surface area (Å²) in [4.78, 5) is 26.4. The van der Waals surface area contributed by atoms with Crippen molar-refractivity contribution in [1.82, 2.24) is 4.90 Å². The summed E-state index contributed by atoms with van der Waals surface area (Å²) in [7, 11) is -2.07. The molecule has 2 aliphatic heterocycles. The van der Waals surface area contributed by atoms with Gasteiger partial charge >= 0.3 is 0 Å². The van der Waals surface area contributed by atoms with E-state index < -0.39 is 33.7 Å². The Morgan fingerprint density at radius 1 is 1.15 bits per heavy atom. The average Bonchev–Trinajstić information content (AvgIpc) is 3.41. The van der Waals surface area contributed by atoms with Gasteiger partial charge in [0, 0.05) is 32.1 Å². The summed E-state index contributed by atoms with van der Waals surface area (Å²) in [6.07, 6.45) is 1.43. The molecular weight excluding hydrogens is 463 g/mol. The summed E-state index contributed by atoms with van der Waals surface area (Å²) in [6.45, 7) is 0.762. The maximum Gasteiger partial charge on any atom is 0.283 e. The molecule has 34 heavy (non-hydrogen) atoms. The molecule has 4 rings (SSSR count). The van der Waals surface area contributed by atoms with Gasteiger partial charge in [0.25, 0.3) is 15.9 Å². The number of rotatable bonds is 6. The first-order valence-electron chi connectivity index (χ1n) is 10.5. The van der Waals surface area contributed by atoms with E-state index in [1.807, 2.05) is 4.90 Å². The number of nitrogens with one attached hydrogen (secondary N) is 1. The van der Waals surface area contributed by atoms with Gasteiger partial charge in [0.05, 0.1) is 10.6 Å². The molecule has 0 saturated carbocycles. The molecule has 1 saturated heterocycles. The summed E-state index contributed by atoms with van der Waals surface area (Å²) < 4.78 is 42.3. The van der Waals surface area contributed by atoms with E-state index in [1.54, 1.807) is 7.05 Å². The fraction of sp³-hybridized carbons (Fsp3) is 0.273. The van der Waals surface area contributed by atoms with Crippen molar-refractivity contribution < 1.29 is 22.4 Å². The molecule has 2 aromatic carbocycles. The Kier molecular flexibility index (Phi) is 6.33. The zero-order chi connectivity index (χ0) is 24.5. The quantitative estimate of drug-likeness (QED) is 0.638. The third-order valence-corrected chi connectivity index (χ3v) is 6.88. The predicted molar refractivity (Wildman–Crippen MR) is 125 cm³/mol. The zero-order valence-corrected chi connectivity index (χ0v) is 19.1. The van der Waals surface area contributed by atoms with Crippen LogP contribution in [0.25, 0.3) is 0 Å². The molecule has 0 bridgehead atoms. The number of anilines is 2. The monoisotopic (exact) mass is 486 g/mol. The molecule has 1 unspecified atom stereocenters. The van der Waals surface area contributed by atoms with E-state index in [1.165, 1.54) is 53.5 Å². The number of carbonyl (C=O) groups excluding carboxylic acids is 2. The Bertz CT molecular complexity index is 1280. The Hall–Kier alpha value is -3.80. The molecule has 3 N–H and O–H groups in total. The highest BCUT2D eigenvalue weighted by Gasteiger charge is 2.35. The highest BCUT2D eigenvalue weighted by Crippen LogP contribution is 2.26. The minimum absolute atomic E-state index is 0.00721. The summed E-state index contributed by atoms with van der Waals surface area (Å²) in [5.41, 5.74) is 6.28. The number of benzene rings is 2. The van der Waals surface area contributed by atoms with Gasteiger partial charge in [-0.05, 0) is 55.0 Å². The van der Waals surface area contributed by atoms with Crippen molar-refractivity contribution in [1.29, 1.82) is 0 Å². The topological polar surface area (TPSA) is 138 Å². The second kappa shape index (κ2) is 9.21. The van der Waals surface area contributed by atoms with E-state index >= 15 is 0 Å². The SMILES string of the molecule is CN1CCC/C1=N\S(=O)(=O)c1ccc(NC(=O)C2=NN(c3ccc(F)cc3)C(C(N)=O)C2)cc1. The smallest absolute Gasteiger partial charge is 0.283 e. The molecule has 0 spiro atoms. The average molecular weight is 487 g/mol. The highest BCUT2D eigenvalue weighted by molar-refractivity contribution is 7.90. The van der Waals surface area contributed by atoms with Crippen molar-refractivity contribution in [3.05, 3.63) is 54.3 Å². The van der Waals surface area contributed by atoms with Crippen LogP contribution in [0.5, 0.6) is 0 Å². The molecule has 12 heteroatoms. The molecule has 2 aromatic rings. The Morgan fingerprint density at radius 2 is 1.82 bits per heavy atom. The first-order valence-corrected chi connectivity index (χ1v) is 12.0. The first kappa shape index (κ1) is 23.4. The number of amidine groups is 1. The van der Waals surface area contributed by atoms with E-state index in [0.717, 1.165) is 13.0 Å². The van der Waals surface area contributed by atoms with Crippen molar-refractivity contribution in [3.8, 4) is 0 Å². The minimum Gasteiger partial charge on any atom is -0.368 e. The van der Waals surface area contributed by atoms with Gasteiger partial charge in [0.1, 0.15) is 23.4 Å². The van der Waals surface area contributed by atoms with Gasteiger partial charge in [0.15, 0.2) is 0 Å². The molecule has 0 aromatic heterocycles. The molecular formula is C22H23FN6O4S. The summed E-state index contributed by atoms with van der Waals surface area (Å²) in [5.74, 6) is -1.18. The van der Waals surface area contributed by atoms with Gasteiger partial charge in [0.2, 0.25) is 5.91 Å². The highest BCUT2D eigenvalue weighted by atomic mass is 32.2. The van der Waals surface area contributed by atoms with Crippen LogP contribution in [0.4, 0.5) is 15.8 Å². The Balaban J connectivity index is 1.48. The number of likely N-dealkylation sites (tertiary alicyclic amines) is 1. The Morgan fingerprint density at radius 3 is 2.41 bits per heavy atom. The van der Waals surface area contributed by atoms with E-state index in [0.29, 0.717) is 23.6 Å². The van der Waals surface area contributed by atoms with Gasteiger partial charge in [-0.3, -0.25) is 14.6 Å². The Labute approximate surface area is 196 Å². The van der Waals surface area contributed by atoms with Crippen molar-refractivity contribution in [2.75, 3.05) is 23.9 Å². The zero-order valence-electron chi connectivity index (χ0n) is 18.3. The largest absolute Gasteiger partial charge is 0.368 e. The summed E-state index contributed by atoms with van der Waals surface area (Å²) >= 11 is 0. The summed E-state index contributed by atoms with van der Waals surface area (Å²) in [6, 6.07) is 10.0. The molecule has 1 atom stereocenters. The molecule has 10 nitrogen and oxygen atoms in total. The van der Waals surface area contributed by atoms with Crippen molar-refractivity contribution in [3.63, 3.8) is 0 Å². The van der Waals surface area contributed by atoms with Crippen LogP contribution in [0.15, 0.2) is 62.9 Å². The second-order valence-corrected chi connectivity index (χ2v) is 9.58. The number of hydrazone groups is 1. The number of primary amides is 1. The number of nitrogens with zero attached hydrogens (tertiary/aromatic N) is 4. The van der Waals surface area contributed by atoms with Gasteiger partial charge in [-0.2, -0.15) is 13.5 Å². The third-order valence-electron chi connectivity index (χ3n) is 5.56. The maximum atomic E-state index is 13.2. The summed E-state index contributed by atoms with van der Waals surface area (Å²) in [5, 5.41) is 8.12. The molecule has 2 aliphatic rings. The molecule has 2 heterocycles. The van der Waals surface area contributed by atoms with Crippen LogP contribution < -0.4 is 16.1 Å². The standard InChI is InChI=1S/C22H23FN6O4S/c1-28-12-2-3-20(28)27-34(32,33)17-10-6-15(7-11-17)25-22(31)18-13-19(21(24)30)29(26-18)16-8-4-14(23)5-9-16/h4-11,19H,2-3,12-13H2,1H3,(H2,24,30)(H,25,31)/b27-20+. The van der Waals surface area contributed by atoms with Crippen LogP contribution in [0.1, 0.15) is 19.3 Å². The van der Waals surface area contributed by atoms with Gasteiger partial charge in [-0.15, -0.1) is 4.40 Å². The first-order chi connectivity index (χ1) is 16.1. The number of nitrogens with two attached hydrogens (primary N) is 1. The van der Waals surface area contributed by atoms with Crippen molar-refractivity contribution >= 4 is 44.8 Å². The van der Waals surface area contributed by atoms with E-state index in [4.69, 9.17) is 5.73 Å². The van der Waals surface area contributed by atoms with E-state index in [2.05, 4.69) is 14.8 Å². The normalized spacial score (nSPS) is 19.4. The molecule has 0 radical (unpaired) electrons. The van der Waals surface area contributed by atoms with E-state index in [9.17, 15) is 22.4 Å². The molecule has 1 fully saturated rings. The van der Waals surface area contributed by atoms with Gasteiger partial charge < -0.3 is 16.0 Å². The lowest BCUT2D eigenvalue weighted by molar-refractivity contribution is -0.119. The predicted octanol–water partition coefficient (Wildman–Crippen LogP) is 1.70. The van der Waals surface area contributed by atoms with Crippen molar-refractivity contribution in [2.24, 2.45) is 15.2 Å². The number of hydrogen-bond donors (Lipinski definition) is 2. The van der Waals surface area contributed by atoms with Crippen LogP contribution in [-0.4, -0.2) is 56.3 Å². The third kappa shape index (κ3) is 4.91. The van der Waals surface area contributed by atoms with Crippen LogP contribution >= 0.6 is 0 Å². The number of hydrogen-bond acceptors (Lipinski definition) is 6. The van der Waals surface area contributed by atoms with Gasteiger partial charge in [-0.1, -0.05) is 0 Å². The molecule has 178 valence electrons. The van der Waals surface area contributed by atoms with Gasteiger partial charge in [-0.25, -0.2) is 4.39 Å². The van der Waals surface area contributed by atoms with Crippen LogP contribution in [0, 0.1) is 5.82 Å². The molecule has 0 aliphatic carbocycles. The number of amides is 2. The number of sulfonamides is 1. The maximum absolute atomic E-state index is 13.2. The lowest BCUT2D eigenvalue weighted by Crippen LogP contribution is -2.39.